The molecule has 0 unspecified atom stereocenters. The third-order valence-electron chi connectivity index (χ3n) is 3.69. The minimum absolute atomic E-state index is 0.136. The van der Waals surface area contributed by atoms with Gasteiger partial charge in [0.25, 0.3) is 5.91 Å². The molecule has 0 bridgehead atoms. The number of nitrogens with one attached hydrogen (secondary N) is 1. The minimum atomic E-state index is -0.481. The van der Waals surface area contributed by atoms with Crippen molar-refractivity contribution in [1.29, 1.82) is 0 Å². The highest BCUT2D eigenvalue weighted by Gasteiger charge is 2.20. The van der Waals surface area contributed by atoms with Crippen molar-refractivity contribution in [2.75, 3.05) is 0 Å². The second-order valence-corrected chi connectivity index (χ2v) is 5.37. The van der Waals surface area contributed by atoms with E-state index in [1.165, 1.54) is 12.3 Å². The van der Waals surface area contributed by atoms with E-state index in [2.05, 4.69) is 11.9 Å². The number of carbonyl (C=O) groups excluding carboxylic acids is 1. The van der Waals surface area contributed by atoms with E-state index >= 15 is 0 Å². The van der Waals surface area contributed by atoms with Gasteiger partial charge < -0.3 is 15.2 Å². The lowest BCUT2D eigenvalue weighted by atomic mass is 10.0. The second-order valence-electron chi connectivity index (χ2n) is 5.37. The molecule has 4 nitrogen and oxygen atoms in total. The van der Waals surface area contributed by atoms with Gasteiger partial charge in [-0.3, -0.25) is 4.79 Å². The number of ether oxygens (including phenoxy) is 1. The van der Waals surface area contributed by atoms with Gasteiger partial charge >= 0.3 is 0 Å². The van der Waals surface area contributed by atoms with E-state index in [0.29, 0.717) is 12.1 Å². The average Bonchev–Trinajstić information content (AvgIpc) is 2.63. The zero-order chi connectivity index (χ0) is 16.9. The van der Waals surface area contributed by atoms with Crippen molar-refractivity contribution in [3.8, 4) is 11.1 Å². The number of hydrogen-bond donors (Lipinski definition) is 2. The molecular weight excluding hydrogens is 302 g/mol. The van der Waals surface area contributed by atoms with Crippen molar-refractivity contribution in [1.82, 2.24) is 5.32 Å². The molecule has 1 aliphatic heterocycles. The van der Waals surface area contributed by atoms with Crippen LogP contribution >= 0.6 is 0 Å². The molecule has 2 N–H and O–H groups in total. The summed E-state index contributed by atoms with van der Waals surface area (Å²) in [6.07, 6.45) is 2.82. The molecule has 0 radical (unpaired) electrons. The number of rotatable bonds is 4. The van der Waals surface area contributed by atoms with E-state index < -0.39 is 5.91 Å². The molecule has 0 fully saturated rings. The molecule has 0 spiro atoms. The Balaban J connectivity index is 1.64. The molecule has 3 rings (SSSR count). The maximum absolute atomic E-state index is 12.1. The molecule has 0 atom stereocenters. The number of allylic oxidation sites excluding steroid dienone is 1. The highest BCUT2D eigenvalue weighted by atomic mass is 16.5. The molecule has 2 aromatic carbocycles. The summed E-state index contributed by atoms with van der Waals surface area (Å²) in [5, 5.41) is 12.5. The minimum Gasteiger partial charge on any atom is -0.504 e. The molecule has 0 saturated heterocycles. The molecule has 1 amide bonds. The molecule has 1 heterocycles. The summed E-state index contributed by atoms with van der Waals surface area (Å²) in [6.45, 7) is 3.97. The topological polar surface area (TPSA) is 58.6 Å². The number of hydrogen-bond acceptors (Lipinski definition) is 3. The summed E-state index contributed by atoms with van der Waals surface area (Å²) < 4.78 is 5.06. The highest BCUT2D eigenvalue weighted by molar-refractivity contribution is 5.93. The second kappa shape index (κ2) is 6.87. The van der Waals surface area contributed by atoms with Crippen molar-refractivity contribution >= 4 is 5.91 Å². The third-order valence-corrected chi connectivity index (χ3v) is 3.69. The highest BCUT2D eigenvalue weighted by Crippen LogP contribution is 2.20. The zero-order valence-corrected chi connectivity index (χ0v) is 13.0. The van der Waals surface area contributed by atoms with Crippen LogP contribution < -0.4 is 5.32 Å². The van der Waals surface area contributed by atoms with Gasteiger partial charge in [0.05, 0.1) is 6.26 Å². The molecular formula is C20H17NO3. The first-order chi connectivity index (χ1) is 11.6. The Hall–Kier alpha value is -3.27. The first kappa shape index (κ1) is 15.6. The molecule has 4 heteroatoms. The van der Waals surface area contributed by atoms with E-state index in [1.807, 2.05) is 54.6 Å². The molecule has 0 saturated carbocycles. The lowest BCUT2D eigenvalue weighted by molar-refractivity contribution is -0.120. The SMILES string of the molecule is C=C1C=COC(C(=O)NCc2ccc(-c3ccccc3)cc2)=C1O. The fourth-order valence-corrected chi connectivity index (χ4v) is 2.33. The molecule has 0 aromatic heterocycles. The summed E-state index contributed by atoms with van der Waals surface area (Å²) >= 11 is 0. The summed E-state index contributed by atoms with van der Waals surface area (Å²) in [4.78, 5) is 12.1. The predicted octanol–water partition coefficient (Wildman–Crippen LogP) is 3.84. The molecule has 1 aliphatic rings. The Labute approximate surface area is 140 Å². The van der Waals surface area contributed by atoms with Crippen LogP contribution in [0.3, 0.4) is 0 Å². The molecule has 120 valence electrons. The average molecular weight is 319 g/mol. The molecule has 2 aromatic rings. The van der Waals surface area contributed by atoms with E-state index in [4.69, 9.17) is 4.74 Å². The maximum Gasteiger partial charge on any atom is 0.291 e. The van der Waals surface area contributed by atoms with Crippen molar-refractivity contribution < 1.29 is 14.6 Å². The lowest BCUT2D eigenvalue weighted by Gasteiger charge is -2.14. The van der Waals surface area contributed by atoms with Crippen molar-refractivity contribution in [3.05, 3.63) is 96.2 Å². The first-order valence-corrected chi connectivity index (χ1v) is 7.53. The lowest BCUT2D eigenvalue weighted by Crippen LogP contribution is -2.27. The van der Waals surface area contributed by atoms with Crippen LogP contribution in [0.25, 0.3) is 11.1 Å². The monoisotopic (exact) mass is 319 g/mol. The van der Waals surface area contributed by atoms with Crippen LogP contribution in [0.2, 0.25) is 0 Å². The number of aliphatic hydroxyl groups is 1. The molecule has 0 aliphatic carbocycles. The normalized spacial score (nSPS) is 13.6. The first-order valence-electron chi connectivity index (χ1n) is 7.53. The van der Waals surface area contributed by atoms with Gasteiger partial charge in [0.15, 0.2) is 5.76 Å². The van der Waals surface area contributed by atoms with Gasteiger partial charge in [0.1, 0.15) is 0 Å². The fraction of sp³-hybridized carbons (Fsp3) is 0.0500. The Bertz CT molecular complexity index is 818. The van der Waals surface area contributed by atoms with Gasteiger partial charge in [-0.05, 0) is 22.8 Å². The summed E-state index contributed by atoms with van der Waals surface area (Å²) in [5.41, 5.74) is 3.55. The van der Waals surface area contributed by atoms with Gasteiger partial charge in [0, 0.05) is 12.1 Å². The zero-order valence-electron chi connectivity index (χ0n) is 13.0. The van der Waals surface area contributed by atoms with Gasteiger partial charge in [-0.1, -0.05) is 61.2 Å². The Morgan fingerprint density at radius 1 is 1.04 bits per heavy atom. The number of amides is 1. The Morgan fingerprint density at radius 3 is 2.42 bits per heavy atom. The van der Waals surface area contributed by atoms with Crippen molar-refractivity contribution in [2.24, 2.45) is 0 Å². The van der Waals surface area contributed by atoms with Crippen LogP contribution in [0.4, 0.5) is 0 Å². The van der Waals surface area contributed by atoms with Gasteiger partial charge in [-0.25, -0.2) is 0 Å². The Kier molecular flexibility index (Phi) is 4.47. The fourth-order valence-electron chi connectivity index (χ4n) is 2.33. The van der Waals surface area contributed by atoms with Crippen LogP contribution in [0.5, 0.6) is 0 Å². The predicted molar refractivity (Wildman–Crippen MR) is 92.7 cm³/mol. The van der Waals surface area contributed by atoms with Crippen LogP contribution in [0.15, 0.2) is 90.6 Å². The van der Waals surface area contributed by atoms with E-state index in [0.717, 1.165) is 16.7 Å². The summed E-state index contributed by atoms with van der Waals surface area (Å²) in [6, 6.07) is 18.0. The standard InChI is InChI=1S/C20H17NO3/c1-14-11-12-24-19(18(14)22)20(23)21-13-15-7-9-17(10-8-15)16-5-3-2-4-6-16/h2-12,22H,1,13H2,(H,21,23). The maximum atomic E-state index is 12.1. The largest absolute Gasteiger partial charge is 0.504 e. The van der Waals surface area contributed by atoms with E-state index in [-0.39, 0.29) is 11.5 Å². The van der Waals surface area contributed by atoms with Crippen LogP contribution in [0, 0.1) is 0 Å². The van der Waals surface area contributed by atoms with Crippen LogP contribution in [0.1, 0.15) is 5.56 Å². The quantitative estimate of drug-likeness (QED) is 0.900. The van der Waals surface area contributed by atoms with Crippen LogP contribution in [-0.4, -0.2) is 11.0 Å². The van der Waals surface area contributed by atoms with Crippen molar-refractivity contribution in [3.63, 3.8) is 0 Å². The number of aliphatic hydroxyl groups excluding tert-OH is 1. The number of carbonyl (C=O) groups is 1. The van der Waals surface area contributed by atoms with E-state index in [9.17, 15) is 9.90 Å². The Morgan fingerprint density at radius 2 is 1.71 bits per heavy atom. The van der Waals surface area contributed by atoms with Gasteiger partial charge in [-0.2, -0.15) is 0 Å². The third kappa shape index (κ3) is 3.38. The smallest absolute Gasteiger partial charge is 0.291 e. The van der Waals surface area contributed by atoms with Gasteiger partial charge in [-0.15, -0.1) is 0 Å². The van der Waals surface area contributed by atoms with E-state index in [1.54, 1.807) is 0 Å². The van der Waals surface area contributed by atoms with Crippen LogP contribution in [-0.2, 0) is 16.1 Å². The summed E-state index contributed by atoms with van der Waals surface area (Å²) in [5.74, 6) is -0.858. The van der Waals surface area contributed by atoms with Crippen molar-refractivity contribution in [2.45, 2.75) is 6.54 Å². The van der Waals surface area contributed by atoms with Gasteiger partial charge in [0.2, 0.25) is 5.76 Å². The summed E-state index contributed by atoms with van der Waals surface area (Å²) in [7, 11) is 0. The molecule has 24 heavy (non-hydrogen) atoms. The number of benzene rings is 2.